The van der Waals surface area contributed by atoms with E-state index in [4.69, 9.17) is 0 Å². The lowest BCUT2D eigenvalue weighted by atomic mass is 9.75. The number of hydrogen-bond acceptors (Lipinski definition) is 3. The molecule has 1 fully saturated rings. The second kappa shape index (κ2) is 9.79. The summed E-state index contributed by atoms with van der Waals surface area (Å²) in [6.45, 7) is 2.11. The molecule has 1 aliphatic heterocycles. The summed E-state index contributed by atoms with van der Waals surface area (Å²) >= 11 is 0. The number of amides is 1. The molecular formula is C27H28N2O3. The van der Waals surface area contributed by atoms with Crippen LogP contribution < -0.4 is 4.90 Å². The molecule has 0 unspecified atom stereocenters. The fraction of sp³-hybridized carbons (Fsp3) is 0.259. The van der Waals surface area contributed by atoms with Crippen LogP contribution in [0.4, 0.5) is 11.4 Å². The monoisotopic (exact) mass is 428 g/mol. The Kier molecular flexibility index (Phi) is 6.66. The molecule has 0 aliphatic carbocycles. The highest BCUT2D eigenvalue weighted by Gasteiger charge is 2.44. The van der Waals surface area contributed by atoms with Crippen LogP contribution in [0, 0.1) is 5.41 Å². The summed E-state index contributed by atoms with van der Waals surface area (Å²) in [7, 11) is 0. The molecule has 0 aromatic heterocycles. The Balaban J connectivity index is 1.52. The zero-order valence-corrected chi connectivity index (χ0v) is 18.1. The summed E-state index contributed by atoms with van der Waals surface area (Å²) in [5.41, 5.74) is 1.65. The second-order valence-corrected chi connectivity index (χ2v) is 8.42. The SMILES string of the molecule is O=C(CC1(C(=O)O)CCN(Cc2ccccc2)CC1)N(c1ccccc1)c1ccccc1. The van der Waals surface area contributed by atoms with Crippen molar-refractivity contribution in [2.75, 3.05) is 18.0 Å². The molecule has 5 nitrogen and oxygen atoms in total. The maximum absolute atomic E-state index is 13.5. The number of benzene rings is 3. The van der Waals surface area contributed by atoms with Gasteiger partial charge in [-0.1, -0.05) is 66.7 Å². The van der Waals surface area contributed by atoms with Crippen molar-refractivity contribution in [2.24, 2.45) is 5.41 Å². The molecule has 0 spiro atoms. The Hall–Kier alpha value is -3.44. The minimum atomic E-state index is -1.05. The number of carbonyl (C=O) groups excluding carboxylic acids is 1. The summed E-state index contributed by atoms with van der Waals surface area (Å²) < 4.78 is 0. The van der Waals surface area contributed by atoms with E-state index in [-0.39, 0.29) is 12.3 Å². The van der Waals surface area contributed by atoms with E-state index in [9.17, 15) is 14.7 Å². The minimum Gasteiger partial charge on any atom is -0.481 e. The Morgan fingerprint density at radius 1 is 0.781 bits per heavy atom. The molecule has 32 heavy (non-hydrogen) atoms. The van der Waals surface area contributed by atoms with Gasteiger partial charge in [-0.15, -0.1) is 0 Å². The number of likely N-dealkylation sites (tertiary alicyclic amines) is 1. The van der Waals surface area contributed by atoms with Gasteiger partial charge >= 0.3 is 5.97 Å². The average molecular weight is 429 g/mol. The Labute approximate surface area is 188 Å². The first-order valence-electron chi connectivity index (χ1n) is 11.0. The molecular weight excluding hydrogens is 400 g/mol. The number of carbonyl (C=O) groups is 2. The molecule has 164 valence electrons. The van der Waals surface area contributed by atoms with Gasteiger partial charge in [-0.25, -0.2) is 0 Å². The molecule has 0 bridgehead atoms. The first-order chi connectivity index (χ1) is 15.6. The Morgan fingerprint density at radius 2 is 1.25 bits per heavy atom. The maximum atomic E-state index is 13.5. The van der Waals surface area contributed by atoms with Crippen LogP contribution in [0.3, 0.4) is 0 Å². The molecule has 5 heteroatoms. The number of rotatable bonds is 7. The topological polar surface area (TPSA) is 60.9 Å². The standard InChI is InChI=1S/C27H28N2O3/c30-25(29(23-12-6-2-7-13-23)24-14-8-3-9-15-24)20-27(26(31)32)16-18-28(19-17-27)21-22-10-4-1-5-11-22/h1-15H,16-21H2,(H,31,32). The van der Waals surface area contributed by atoms with Gasteiger partial charge in [0.15, 0.2) is 0 Å². The van der Waals surface area contributed by atoms with E-state index < -0.39 is 11.4 Å². The van der Waals surface area contributed by atoms with Gasteiger partial charge in [-0.05, 0) is 55.8 Å². The molecule has 1 aliphatic rings. The molecule has 0 atom stereocenters. The van der Waals surface area contributed by atoms with Gasteiger partial charge in [0.05, 0.1) is 5.41 Å². The summed E-state index contributed by atoms with van der Waals surface area (Å²) in [5, 5.41) is 10.1. The van der Waals surface area contributed by atoms with E-state index in [0.717, 1.165) is 17.9 Å². The smallest absolute Gasteiger partial charge is 0.310 e. The van der Waals surface area contributed by atoms with Crippen LogP contribution in [0.2, 0.25) is 0 Å². The summed E-state index contributed by atoms with van der Waals surface area (Å²) in [5.74, 6) is -1.08. The predicted molar refractivity (Wildman–Crippen MR) is 126 cm³/mol. The summed E-state index contributed by atoms with van der Waals surface area (Å²) in [4.78, 5) is 29.8. The van der Waals surface area contributed by atoms with Crippen molar-refractivity contribution < 1.29 is 14.7 Å². The summed E-state index contributed by atoms with van der Waals surface area (Å²) in [6.07, 6.45) is 0.891. The quantitative estimate of drug-likeness (QED) is 0.568. The zero-order valence-electron chi connectivity index (χ0n) is 18.1. The van der Waals surface area contributed by atoms with Gasteiger partial charge in [0, 0.05) is 24.3 Å². The van der Waals surface area contributed by atoms with Crippen molar-refractivity contribution in [1.29, 1.82) is 0 Å². The van der Waals surface area contributed by atoms with Crippen LogP contribution in [0.1, 0.15) is 24.8 Å². The van der Waals surface area contributed by atoms with Crippen molar-refractivity contribution >= 4 is 23.3 Å². The highest BCUT2D eigenvalue weighted by atomic mass is 16.4. The zero-order chi connectivity index (χ0) is 22.4. The average Bonchev–Trinajstić information content (AvgIpc) is 2.82. The van der Waals surface area contributed by atoms with Crippen molar-refractivity contribution in [3.8, 4) is 0 Å². The van der Waals surface area contributed by atoms with Gasteiger partial charge in [-0.2, -0.15) is 0 Å². The number of aliphatic carboxylic acids is 1. The van der Waals surface area contributed by atoms with Crippen molar-refractivity contribution in [1.82, 2.24) is 4.90 Å². The van der Waals surface area contributed by atoms with E-state index >= 15 is 0 Å². The predicted octanol–water partition coefficient (Wildman–Crippen LogP) is 5.11. The van der Waals surface area contributed by atoms with Crippen LogP contribution in [-0.4, -0.2) is 35.0 Å². The van der Waals surface area contributed by atoms with Crippen molar-refractivity contribution in [3.63, 3.8) is 0 Å². The Morgan fingerprint density at radius 3 is 1.72 bits per heavy atom. The number of anilines is 2. The fourth-order valence-corrected chi connectivity index (χ4v) is 4.41. The molecule has 1 N–H and O–H groups in total. The number of para-hydroxylation sites is 2. The first-order valence-corrected chi connectivity index (χ1v) is 11.0. The van der Waals surface area contributed by atoms with Crippen LogP contribution in [0.15, 0.2) is 91.0 Å². The summed E-state index contributed by atoms with van der Waals surface area (Å²) in [6, 6.07) is 29.0. The highest BCUT2D eigenvalue weighted by Crippen LogP contribution is 2.38. The number of hydrogen-bond donors (Lipinski definition) is 1. The lowest BCUT2D eigenvalue weighted by Gasteiger charge is -2.39. The van der Waals surface area contributed by atoms with Gasteiger partial charge in [0.25, 0.3) is 0 Å². The minimum absolute atomic E-state index is 0.0225. The Bertz CT molecular complexity index is 991. The first kappa shape index (κ1) is 21.8. The van der Waals surface area contributed by atoms with Gasteiger partial charge in [0.2, 0.25) is 5.91 Å². The van der Waals surface area contributed by atoms with Gasteiger partial charge in [-0.3, -0.25) is 19.4 Å². The second-order valence-electron chi connectivity index (χ2n) is 8.42. The third-order valence-corrected chi connectivity index (χ3v) is 6.28. The lowest BCUT2D eigenvalue weighted by molar-refractivity contribution is -0.154. The molecule has 1 amide bonds. The van der Waals surface area contributed by atoms with E-state index in [0.29, 0.717) is 25.9 Å². The fourth-order valence-electron chi connectivity index (χ4n) is 4.41. The van der Waals surface area contributed by atoms with Crippen LogP contribution in [0.25, 0.3) is 0 Å². The number of piperidine rings is 1. The van der Waals surface area contributed by atoms with E-state index in [1.54, 1.807) is 4.90 Å². The third-order valence-electron chi connectivity index (χ3n) is 6.28. The van der Waals surface area contributed by atoms with Crippen LogP contribution >= 0.6 is 0 Å². The van der Waals surface area contributed by atoms with Crippen molar-refractivity contribution in [3.05, 3.63) is 96.6 Å². The molecule has 4 rings (SSSR count). The van der Waals surface area contributed by atoms with Gasteiger partial charge in [0.1, 0.15) is 0 Å². The highest BCUT2D eigenvalue weighted by molar-refractivity contribution is 6.02. The van der Waals surface area contributed by atoms with E-state index in [1.165, 1.54) is 5.56 Å². The molecule has 0 radical (unpaired) electrons. The van der Waals surface area contributed by atoms with Crippen molar-refractivity contribution in [2.45, 2.75) is 25.8 Å². The molecule has 1 heterocycles. The number of carboxylic acids is 1. The molecule has 3 aromatic carbocycles. The van der Waals surface area contributed by atoms with Crippen LogP contribution in [0.5, 0.6) is 0 Å². The third kappa shape index (κ3) is 4.89. The van der Waals surface area contributed by atoms with Crippen LogP contribution in [-0.2, 0) is 16.1 Å². The normalized spacial score (nSPS) is 15.8. The van der Waals surface area contributed by atoms with E-state index in [2.05, 4.69) is 17.0 Å². The molecule has 0 saturated carbocycles. The lowest BCUT2D eigenvalue weighted by Crippen LogP contribution is -2.46. The molecule has 3 aromatic rings. The van der Waals surface area contributed by atoms with E-state index in [1.807, 2.05) is 78.9 Å². The number of carboxylic acid groups (broad SMARTS) is 1. The largest absolute Gasteiger partial charge is 0.481 e. The van der Waals surface area contributed by atoms with Gasteiger partial charge < -0.3 is 5.11 Å². The number of nitrogens with zero attached hydrogens (tertiary/aromatic N) is 2. The molecule has 1 saturated heterocycles. The maximum Gasteiger partial charge on any atom is 0.310 e.